The molecule has 3 heterocycles. The molecule has 1 aromatic heterocycles. The number of furan rings is 1. The lowest BCUT2D eigenvalue weighted by molar-refractivity contribution is -0.115. The maximum Gasteiger partial charge on any atom is 0.251 e. The summed E-state index contributed by atoms with van der Waals surface area (Å²) in [4.78, 5) is 27.9. The Morgan fingerprint density at radius 2 is 2.19 bits per heavy atom. The summed E-state index contributed by atoms with van der Waals surface area (Å²) >= 11 is 1.51. The quantitative estimate of drug-likeness (QED) is 0.826. The van der Waals surface area contributed by atoms with Crippen molar-refractivity contribution in [2.24, 2.45) is 0 Å². The number of anilines is 1. The van der Waals surface area contributed by atoms with E-state index in [1.165, 1.54) is 24.6 Å². The lowest BCUT2D eigenvalue weighted by atomic mass is 10.1. The zero-order valence-corrected chi connectivity index (χ0v) is 16.1. The number of benzene rings is 1. The van der Waals surface area contributed by atoms with Crippen LogP contribution in [0.15, 0.2) is 45.9 Å². The molecule has 0 unspecified atom stereocenters. The third-order valence-electron chi connectivity index (χ3n) is 5.08. The van der Waals surface area contributed by atoms with Gasteiger partial charge >= 0.3 is 0 Å². The SMILES string of the molecule is C[C@H]1Sc2ccc(C(=O)NC[C@H](c3ccco3)N3CCCC3)cc2NC1=O. The molecule has 0 aliphatic carbocycles. The van der Waals surface area contributed by atoms with Crippen LogP contribution >= 0.6 is 11.8 Å². The molecule has 7 heteroatoms. The summed E-state index contributed by atoms with van der Waals surface area (Å²) in [5.74, 6) is 0.698. The second-order valence-corrected chi connectivity index (χ2v) is 8.33. The Morgan fingerprint density at radius 1 is 1.37 bits per heavy atom. The first-order valence-corrected chi connectivity index (χ1v) is 10.2. The van der Waals surface area contributed by atoms with E-state index in [9.17, 15) is 9.59 Å². The second-order valence-electron chi connectivity index (χ2n) is 6.94. The smallest absolute Gasteiger partial charge is 0.251 e. The molecular formula is C20H23N3O3S. The maximum atomic E-state index is 12.7. The van der Waals surface area contributed by atoms with Gasteiger partial charge in [0.15, 0.2) is 0 Å². The van der Waals surface area contributed by atoms with E-state index in [1.54, 1.807) is 12.3 Å². The van der Waals surface area contributed by atoms with Gasteiger partial charge in [-0.1, -0.05) is 0 Å². The maximum absolute atomic E-state index is 12.7. The van der Waals surface area contributed by atoms with Gasteiger partial charge in [0.1, 0.15) is 5.76 Å². The van der Waals surface area contributed by atoms with Crippen molar-refractivity contribution in [2.75, 3.05) is 25.0 Å². The first-order valence-electron chi connectivity index (χ1n) is 9.29. The summed E-state index contributed by atoms with van der Waals surface area (Å²) in [7, 11) is 0. The average molecular weight is 385 g/mol. The van der Waals surface area contributed by atoms with Crippen molar-refractivity contribution < 1.29 is 14.0 Å². The molecule has 0 saturated carbocycles. The first-order chi connectivity index (χ1) is 13.1. The molecule has 2 N–H and O–H groups in total. The largest absolute Gasteiger partial charge is 0.468 e. The van der Waals surface area contributed by atoms with Crippen LogP contribution in [0.1, 0.15) is 41.9 Å². The van der Waals surface area contributed by atoms with Gasteiger partial charge in [0, 0.05) is 17.0 Å². The summed E-state index contributed by atoms with van der Waals surface area (Å²) in [5, 5.41) is 5.79. The standard InChI is InChI=1S/C20H23N3O3S/c1-13-19(24)22-15-11-14(6-7-18(15)27-13)20(25)21-12-16(17-5-4-10-26-17)23-8-2-3-9-23/h4-7,10-11,13,16H,2-3,8-9,12H2,1H3,(H,21,25)(H,22,24)/t13-,16-/m1/s1. The molecule has 2 atom stereocenters. The minimum absolute atomic E-state index is 0.0306. The lowest BCUT2D eigenvalue weighted by Gasteiger charge is -2.26. The highest BCUT2D eigenvalue weighted by atomic mass is 32.2. The molecule has 4 rings (SSSR count). The highest BCUT2D eigenvalue weighted by molar-refractivity contribution is 8.00. The van der Waals surface area contributed by atoms with Crippen molar-refractivity contribution in [1.82, 2.24) is 10.2 Å². The zero-order chi connectivity index (χ0) is 18.8. The molecule has 1 aromatic carbocycles. The van der Waals surface area contributed by atoms with Crippen LogP contribution in [0.5, 0.6) is 0 Å². The fourth-order valence-electron chi connectivity index (χ4n) is 3.59. The number of hydrogen-bond acceptors (Lipinski definition) is 5. The summed E-state index contributed by atoms with van der Waals surface area (Å²) in [6.45, 7) is 4.39. The van der Waals surface area contributed by atoms with Crippen molar-refractivity contribution in [2.45, 2.75) is 36.0 Å². The predicted molar refractivity (Wildman–Crippen MR) is 105 cm³/mol. The number of thioether (sulfide) groups is 1. The van der Waals surface area contributed by atoms with Crippen LogP contribution in [0.3, 0.4) is 0 Å². The van der Waals surface area contributed by atoms with E-state index in [0.29, 0.717) is 17.8 Å². The highest BCUT2D eigenvalue weighted by Crippen LogP contribution is 2.36. The summed E-state index contributed by atoms with van der Waals surface area (Å²) in [6.07, 6.45) is 4.02. The Balaban J connectivity index is 1.45. The van der Waals surface area contributed by atoms with Crippen LogP contribution in [-0.4, -0.2) is 41.6 Å². The summed E-state index contributed by atoms with van der Waals surface area (Å²) in [5.41, 5.74) is 1.25. The van der Waals surface area contributed by atoms with E-state index in [0.717, 1.165) is 23.7 Å². The van der Waals surface area contributed by atoms with E-state index in [2.05, 4.69) is 15.5 Å². The Labute approximate surface area is 162 Å². The Morgan fingerprint density at radius 3 is 2.93 bits per heavy atom. The van der Waals surface area contributed by atoms with Crippen molar-refractivity contribution in [1.29, 1.82) is 0 Å². The van der Waals surface area contributed by atoms with Crippen LogP contribution in [0.25, 0.3) is 0 Å². The fourth-order valence-corrected chi connectivity index (χ4v) is 4.52. The van der Waals surface area contributed by atoms with Gasteiger partial charge in [-0.25, -0.2) is 0 Å². The number of fused-ring (bicyclic) bond motifs is 1. The van der Waals surface area contributed by atoms with E-state index >= 15 is 0 Å². The Bertz CT molecular complexity index is 831. The average Bonchev–Trinajstić information content (AvgIpc) is 3.37. The molecule has 1 fully saturated rings. The molecule has 27 heavy (non-hydrogen) atoms. The van der Waals surface area contributed by atoms with Gasteiger partial charge in [-0.05, 0) is 63.2 Å². The Kier molecular flexibility index (Phi) is 5.22. The van der Waals surface area contributed by atoms with Crippen LogP contribution in [0.4, 0.5) is 5.69 Å². The van der Waals surface area contributed by atoms with Gasteiger partial charge in [0.05, 0.1) is 23.2 Å². The van der Waals surface area contributed by atoms with E-state index in [4.69, 9.17) is 4.42 Å². The van der Waals surface area contributed by atoms with Gasteiger partial charge in [0.25, 0.3) is 5.91 Å². The van der Waals surface area contributed by atoms with Crippen LogP contribution in [-0.2, 0) is 4.79 Å². The number of nitrogens with zero attached hydrogens (tertiary/aromatic N) is 1. The van der Waals surface area contributed by atoms with E-state index in [1.807, 2.05) is 31.2 Å². The molecule has 1 saturated heterocycles. The van der Waals surface area contributed by atoms with Crippen molar-refractivity contribution >= 4 is 29.3 Å². The van der Waals surface area contributed by atoms with Crippen molar-refractivity contribution in [3.05, 3.63) is 47.9 Å². The zero-order valence-electron chi connectivity index (χ0n) is 15.2. The number of likely N-dealkylation sites (tertiary alicyclic amines) is 1. The van der Waals surface area contributed by atoms with Gasteiger partial charge in [-0.2, -0.15) is 0 Å². The molecule has 0 spiro atoms. The minimum atomic E-state index is -0.147. The number of amides is 2. The molecule has 2 aliphatic heterocycles. The fraction of sp³-hybridized carbons (Fsp3) is 0.400. The molecule has 2 aromatic rings. The van der Waals surface area contributed by atoms with E-state index < -0.39 is 0 Å². The number of carbonyl (C=O) groups is 2. The van der Waals surface area contributed by atoms with Crippen molar-refractivity contribution in [3.63, 3.8) is 0 Å². The van der Waals surface area contributed by atoms with Gasteiger partial charge < -0.3 is 15.1 Å². The molecular weight excluding hydrogens is 362 g/mol. The number of nitrogens with one attached hydrogen (secondary N) is 2. The van der Waals surface area contributed by atoms with Crippen LogP contribution in [0.2, 0.25) is 0 Å². The third kappa shape index (κ3) is 3.89. The third-order valence-corrected chi connectivity index (χ3v) is 6.26. The van der Waals surface area contributed by atoms with E-state index in [-0.39, 0.29) is 23.1 Å². The summed E-state index contributed by atoms with van der Waals surface area (Å²) < 4.78 is 5.60. The minimum Gasteiger partial charge on any atom is -0.468 e. The monoisotopic (exact) mass is 385 g/mol. The predicted octanol–water partition coefficient (Wildman–Crippen LogP) is 3.28. The van der Waals surface area contributed by atoms with Crippen LogP contribution in [0, 0.1) is 0 Å². The van der Waals surface area contributed by atoms with Crippen LogP contribution < -0.4 is 10.6 Å². The Hall–Kier alpha value is -2.25. The second kappa shape index (κ2) is 7.78. The lowest BCUT2D eigenvalue weighted by Crippen LogP contribution is -2.36. The number of rotatable bonds is 5. The molecule has 0 bridgehead atoms. The normalized spacial score (nSPS) is 20.8. The van der Waals surface area contributed by atoms with Gasteiger partial charge in [-0.3, -0.25) is 14.5 Å². The van der Waals surface area contributed by atoms with Gasteiger partial charge in [-0.15, -0.1) is 11.8 Å². The first kappa shape index (κ1) is 18.1. The molecule has 2 aliphatic rings. The number of carbonyl (C=O) groups excluding carboxylic acids is 2. The molecule has 142 valence electrons. The molecule has 0 radical (unpaired) electrons. The molecule has 6 nitrogen and oxygen atoms in total. The number of hydrogen-bond donors (Lipinski definition) is 2. The topological polar surface area (TPSA) is 74.6 Å². The van der Waals surface area contributed by atoms with Crippen molar-refractivity contribution in [3.8, 4) is 0 Å². The molecule has 2 amide bonds. The van der Waals surface area contributed by atoms with Gasteiger partial charge in [0.2, 0.25) is 5.91 Å². The highest BCUT2D eigenvalue weighted by Gasteiger charge is 2.27. The summed E-state index contributed by atoms with van der Waals surface area (Å²) in [6, 6.07) is 9.34.